The number of carbonyl (C=O) groups is 1. The van der Waals surface area contributed by atoms with E-state index in [1.807, 2.05) is 31.3 Å². The van der Waals surface area contributed by atoms with E-state index >= 15 is 0 Å². The summed E-state index contributed by atoms with van der Waals surface area (Å²) in [4.78, 5) is 23.5. The fourth-order valence-corrected chi connectivity index (χ4v) is 1.91. The molecule has 0 radical (unpaired) electrons. The zero-order valence-corrected chi connectivity index (χ0v) is 11.8. The number of benzene rings is 1. The summed E-state index contributed by atoms with van der Waals surface area (Å²) >= 11 is 5.92. The molecule has 100 valence electrons. The Balaban J connectivity index is 2.41. The summed E-state index contributed by atoms with van der Waals surface area (Å²) in [5, 5.41) is 1.05. The number of halogens is 1. The van der Waals surface area contributed by atoms with E-state index in [1.165, 1.54) is 0 Å². The molecule has 1 heterocycles. The fourth-order valence-electron chi connectivity index (χ4n) is 1.74. The molecule has 5 nitrogen and oxygen atoms in total. The number of hydrogen-bond acceptors (Lipinski definition) is 4. The monoisotopic (exact) mass is 278 g/mol. The number of likely N-dealkylation sites (N-methyl/N-ethyl adjacent to an activating group) is 2. The summed E-state index contributed by atoms with van der Waals surface area (Å²) in [6, 6.07) is 7.58. The predicted molar refractivity (Wildman–Crippen MR) is 76.5 cm³/mol. The third-order valence-electron chi connectivity index (χ3n) is 2.79. The van der Waals surface area contributed by atoms with Gasteiger partial charge in [0.1, 0.15) is 5.82 Å². The van der Waals surface area contributed by atoms with Gasteiger partial charge in [0.15, 0.2) is 0 Å². The molecule has 0 fully saturated rings. The van der Waals surface area contributed by atoms with Gasteiger partial charge in [0.05, 0.1) is 12.1 Å². The van der Waals surface area contributed by atoms with E-state index in [0.717, 1.165) is 10.9 Å². The highest BCUT2D eigenvalue weighted by atomic mass is 35.5. The minimum atomic E-state index is 0.00122. The number of rotatable bonds is 3. The molecule has 1 aromatic heterocycles. The van der Waals surface area contributed by atoms with Crippen LogP contribution in [0.1, 0.15) is 0 Å². The van der Waals surface area contributed by atoms with Crippen molar-refractivity contribution in [1.29, 1.82) is 0 Å². The van der Waals surface area contributed by atoms with Gasteiger partial charge >= 0.3 is 0 Å². The molecule has 6 heteroatoms. The summed E-state index contributed by atoms with van der Waals surface area (Å²) < 4.78 is 0. The number of fused-ring (bicyclic) bond motifs is 1. The van der Waals surface area contributed by atoms with Gasteiger partial charge in [-0.15, -0.1) is 0 Å². The molecule has 19 heavy (non-hydrogen) atoms. The fraction of sp³-hybridized carbons (Fsp3) is 0.308. The number of amides is 1. The van der Waals surface area contributed by atoms with Crippen LogP contribution in [0.4, 0.5) is 5.82 Å². The van der Waals surface area contributed by atoms with E-state index < -0.39 is 0 Å². The van der Waals surface area contributed by atoms with Crippen LogP contribution >= 0.6 is 11.6 Å². The van der Waals surface area contributed by atoms with Gasteiger partial charge < -0.3 is 9.80 Å². The quantitative estimate of drug-likeness (QED) is 0.804. The molecule has 0 unspecified atom stereocenters. The Morgan fingerprint density at radius 1 is 1.21 bits per heavy atom. The maximum absolute atomic E-state index is 11.8. The molecule has 0 saturated carbocycles. The number of aromatic nitrogens is 2. The molecule has 0 bridgehead atoms. The second-order valence-electron chi connectivity index (χ2n) is 4.48. The van der Waals surface area contributed by atoms with E-state index in [4.69, 9.17) is 11.6 Å². The Kier molecular flexibility index (Phi) is 3.85. The van der Waals surface area contributed by atoms with Crippen LogP contribution in [0.15, 0.2) is 24.3 Å². The van der Waals surface area contributed by atoms with Crippen LogP contribution in [0.5, 0.6) is 0 Å². The van der Waals surface area contributed by atoms with Crippen molar-refractivity contribution in [2.45, 2.75) is 0 Å². The highest BCUT2D eigenvalue weighted by Crippen LogP contribution is 2.24. The van der Waals surface area contributed by atoms with E-state index in [9.17, 15) is 4.79 Å². The average Bonchev–Trinajstić information content (AvgIpc) is 2.37. The van der Waals surface area contributed by atoms with Crippen LogP contribution in [0.25, 0.3) is 10.9 Å². The van der Waals surface area contributed by atoms with Gasteiger partial charge in [-0.1, -0.05) is 12.1 Å². The minimum Gasteiger partial charge on any atom is -0.350 e. The van der Waals surface area contributed by atoms with E-state index in [1.54, 1.807) is 23.9 Å². The lowest BCUT2D eigenvalue weighted by atomic mass is 10.2. The molecular formula is C13H15ClN4O. The Bertz CT molecular complexity index is 615. The topological polar surface area (TPSA) is 49.3 Å². The van der Waals surface area contributed by atoms with Gasteiger partial charge in [-0.2, -0.15) is 4.98 Å². The molecule has 0 aliphatic heterocycles. The van der Waals surface area contributed by atoms with Gasteiger partial charge in [0.2, 0.25) is 11.2 Å². The average molecular weight is 279 g/mol. The van der Waals surface area contributed by atoms with Gasteiger partial charge in [0.25, 0.3) is 0 Å². The van der Waals surface area contributed by atoms with Crippen LogP contribution in [0.3, 0.4) is 0 Å². The predicted octanol–water partition coefficient (Wildman–Crippen LogP) is 1.81. The minimum absolute atomic E-state index is 0.00122. The van der Waals surface area contributed by atoms with Crippen molar-refractivity contribution >= 4 is 34.2 Å². The summed E-state index contributed by atoms with van der Waals surface area (Å²) in [5.74, 6) is 0.659. The van der Waals surface area contributed by atoms with Crippen molar-refractivity contribution in [3.8, 4) is 0 Å². The van der Waals surface area contributed by atoms with Crippen molar-refractivity contribution in [3.63, 3.8) is 0 Å². The summed E-state index contributed by atoms with van der Waals surface area (Å²) in [6.07, 6.45) is 0. The molecule has 0 aliphatic carbocycles. The zero-order valence-electron chi connectivity index (χ0n) is 11.1. The first-order valence-electron chi connectivity index (χ1n) is 5.82. The SMILES string of the molecule is CN(C)C(=O)CN(C)c1nc(Cl)nc2ccccc12. The second-order valence-corrected chi connectivity index (χ2v) is 4.82. The Morgan fingerprint density at radius 3 is 2.58 bits per heavy atom. The van der Waals surface area contributed by atoms with Gasteiger partial charge in [-0.05, 0) is 23.7 Å². The molecule has 1 amide bonds. The number of anilines is 1. The second kappa shape index (κ2) is 5.40. The zero-order chi connectivity index (χ0) is 14.0. The first kappa shape index (κ1) is 13.5. The normalized spacial score (nSPS) is 10.5. The lowest BCUT2D eigenvalue weighted by molar-refractivity contribution is -0.127. The van der Waals surface area contributed by atoms with Crippen LogP contribution in [-0.2, 0) is 4.79 Å². The molecule has 0 saturated heterocycles. The van der Waals surface area contributed by atoms with Gasteiger partial charge in [-0.25, -0.2) is 4.98 Å². The molecule has 1 aromatic carbocycles. The molecule has 0 N–H and O–H groups in total. The molecular weight excluding hydrogens is 264 g/mol. The Hall–Kier alpha value is -1.88. The molecule has 0 aliphatic rings. The lowest BCUT2D eigenvalue weighted by Crippen LogP contribution is -2.34. The third-order valence-corrected chi connectivity index (χ3v) is 2.96. The first-order valence-corrected chi connectivity index (χ1v) is 6.20. The lowest BCUT2D eigenvalue weighted by Gasteiger charge is -2.21. The van der Waals surface area contributed by atoms with Crippen LogP contribution in [-0.4, -0.2) is 48.5 Å². The standard InChI is InChI=1S/C13H15ClN4O/c1-17(2)11(19)8-18(3)12-9-6-4-5-7-10(9)15-13(14)16-12/h4-7H,8H2,1-3H3. The Morgan fingerprint density at radius 2 is 1.89 bits per heavy atom. The largest absolute Gasteiger partial charge is 0.350 e. The highest BCUT2D eigenvalue weighted by Gasteiger charge is 2.14. The molecule has 2 rings (SSSR count). The number of nitrogens with zero attached hydrogens (tertiary/aromatic N) is 4. The van der Waals surface area contributed by atoms with Crippen molar-refractivity contribution in [2.24, 2.45) is 0 Å². The summed E-state index contributed by atoms with van der Waals surface area (Å²) in [6.45, 7) is 0.240. The van der Waals surface area contributed by atoms with E-state index in [2.05, 4.69) is 9.97 Å². The maximum Gasteiger partial charge on any atom is 0.241 e. The van der Waals surface area contributed by atoms with Gasteiger partial charge in [0, 0.05) is 26.5 Å². The van der Waals surface area contributed by atoms with Crippen molar-refractivity contribution in [1.82, 2.24) is 14.9 Å². The maximum atomic E-state index is 11.8. The van der Waals surface area contributed by atoms with Crippen molar-refractivity contribution in [2.75, 3.05) is 32.6 Å². The smallest absolute Gasteiger partial charge is 0.241 e. The van der Waals surface area contributed by atoms with Gasteiger partial charge in [-0.3, -0.25) is 4.79 Å². The van der Waals surface area contributed by atoms with Crippen molar-refractivity contribution in [3.05, 3.63) is 29.5 Å². The van der Waals surface area contributed by atoms with Crippen molar-refractivity contribution < 1.29 is 4.79 Å². The van der Waals surface area contributed by atoms with E-state index in [0.29, 0.717) is 5.82 Å². The summed E-state index contributed by atoms with van der Waals surface area (Å²) in [7, 11) is 5.26. The molecule has 2 aromatic rings. The van der Waals surface area contributed by atoms with Crippen LogP contribution in [0, 0.1) is 0 Å². The van der Waals surface area contributed by atoms with Crippen LogP contribution < -0.4 is 4.90 Å². The van der Waals surface area contributed by atoms with Crippen LogP contribution in [0.2, 0.25) is 5.28 Å². The molecule has 0 atom stereocenters. The number of hydrogen-bond donors (Lipinski definition) is 0. The summed E-state index contributed by atoms with van der Waals surface area (Å²) in [5.41, 5.74) is 0.765. The molecule has 0 spiro atoms. The number of para-hydroxylation sites is 1. The third kappa shape index (κ3) is 2.93. The first-order chi connectivity index (χ1) is 8.99. The van der Waals surface area contributed by atoms with E-state index in [-0.39, 0.29) is 17.7 Å². The highest BCUT2D eigenvalue weighted by molar-refractivity contribution is 6.28. The number of carbonyl (C=O) groups excluding carboxylic acids is 1. The Labute approximate surface area is 116 Å².